The molecule has 0 aliphatic heterocycles. The minimum atomic E-state index is -0.368. The van der Waals surface area contributed by atoms with E-state index < -0.39 is 0 Å². The molecule has 1 saturated carbocycles. The van der Waals surface area contributed by atoms with Gasteiger partial charge in [-0.05, 0) is 30.6 Å². The van der Waals surface area contributed by atoms with Gasteiger partial charge in [0.05, 0.1) is 6.07 Å². The lowest BCUT2D eigenvalue weighted by Crippen LogP contribution is -2.35. The fraction of sp³-hybridized carbons (Fsp3) is 0.846. The number of nitrogens with zero attached hydrogens (tertiary/aromatic N) is 1. The van der Waals surface area contributed by atoms with Crippen molar-refractivity contribution >= 4 is 5.97 Å². The molecule has 0 radical (unpaired) electrons. The highest BCUT2D eigenvalue weighted by molar-refractivity contribution is 5.71. The van der Waals surface area contributed by atoms with Gasteiger partial charge in [0.25, 0.3) is 0 Å². The molecule has 0 saturated heterocycles. The van der Waals surface area contributed by atoms with Gasteiger partial charge in [-0.15, -0.1) is 0 Å². The Bertz CT molecular complexity index is 280. The molecule has 0 aromatic rings. The molecule has 16 heavy (non-hydrogen) atoms. The molecule has 0 N–H and O–H groups in total. The Morgan fingerprint density at radius 1 is 1.50 bits per heavy atom. The van der Waals surface area contributed by atoms with Gasteiger partial charge in [0.15, 0.2) is 0 Å². The van der Waals surface area contributed by atoms with E-state index in [1.165, 1.54) is 6.42 Å². The number of hydrogen-bond acceptors (Lipinski definition) is 3. The first-order valence-electron chi connectivity index (χ1n) is 6.11. The quantitative estimate of drug-likeness (QED) is 0.691. The van der Waals surface area contributed by atoms with Gasteiger partial charge in [0.2, 0.25) is 0 Å². The number of esters is 1. The average Bonchev–Trinajstić information content (AvgIpc) is 2.17. The molecule has 0 spiro atoms. The fourth-order valence-electron chi connectivity index (χ4n) is 2.53. The summed E-state index contributed by atoms with van der Waals surface area (Å²) in [5, 5.41) is 8.44. The van der Waals surface area contributed by atoms with Crippen LogP contribution in [-0.2, 0) is 9.53 Å². The van der Waals surface area contributed by atoms with Crippen molar-refractivity contribution in [3.05, 3.63) is 0 Å². The van der Waals surface area contributed by atoms with Gasteiger partial charge in [-0.3, -0.25) is 4.79 Å². The lowest BCUT2D eigenvalue weighted by molar-refractivity contribution is -0.154. The molecule has 0 aromatic heterocycles. The van der Waals surface area contributed by atoms with Crippen molar-refractivity contribution in [3.63, 3.8) is 0 Å². The van der Waals surface area contributed by atoms with Crippen LogP contribution in [0.25, 0.3) is 0 Å². The lowest BCUT2D eigenvalue weighted by Gasteiger charge is -2.36. The van der Waals surface area contributed by atoms with E-state index >= 15 is 0 Å². The van der Waals surface area contributed by atoms with Gasteiger partial charge < -0.3 is 4.74 Å². The van der Waals surface area contributed by atoms with E-state index in [1.807, 2.05) is 6.07 Å². The van der Waals surface area contributed by atoms with Crippen LogP contribution in [0.1, 0.15) is 46.5 Å². The summed E-state index contributed by atoms with van der Waals surface area (Å²) in [5.41, 5.74) is 0. The van der Waals surface area contributed by atoms with E-state index in [0.29, 0.717) is 17.8 Å². The predicted molar refractivity (Wildman–Crippen MR) is 61.5 cm³/mol. The van der Waals surface area contributed by atoms with Gasteiger partial charge in [-0.25, -0.2) is 0 Å². The standard InChI is InChI=1S/C13H21NO2/c1-9(2)11-5-4-10(3)8-12(11)16-13(15)6-7-14/h9-12H,4-6,8H2,1-3H3/t10-,11-,12+/m0/s1. The van der Waals surface area contributed by atoms with E-state index in [2.05, 4.69) is 20.8 Å². The van der Waals surface area contributed by atoms with E-state index in [0.717, 1.165) is 12.8 Å². The van der Waals surface area contributed by atoms with E-state index in [-0.39, 0.29) is 18.5 Å². The molecular weight excluding hydrogens is 202 g/mol. The van der Waals surface area contributed by atoms with Crippen molar-refractivity contribution in [2.75, 3.05) is 0 Å². The molecule has 1 fully saturated rings. The van der Waals surface area contributed by atoms with Crippen molar-refractivity contribution in [2.24, 2.45) is 17.8 Å². The van der Waals surface area contributed by atoms with Crippen LogP contribution in [-0.4, -0.2) is 12.1 Å². The molecule has 3 heteroatoms. The van der Waals surface area contributed by atoms with Crippen LogP contribution < -0.4 is 0 Å². The topological polar surface area (TPSA) is 50.1 Å². The number of rotatable bonds is 3. The number of hydrogen-bond donors (Lipinski definition) is 0. The van der Waals surface area contributed by atoms with E-state index in [9.17, 15) is 4.79 Å². The Labute approximate surface area is 97.8 Å². The maximum atomic E-state index is 11.3. The van der Waals surface area contributed by atoms with E-state index in [4.69, 9.17) is 10.00 Å². The highest BCUT2D eigenvalue weighted by Gasteiger charge is 2.33. The van der Waals surface area contributed by atoms with Gasteiger partial charge in [-0.1, -0.05) is 27.2 Å². The smallest absolute Gasteiger partial charge is 0.320 e. The van der Waals surface area contributed by atoms with Crippen molar-refractivity contribution in [3.8, 4) is 6.07 Å². The Hall–Kier alpha value is -1.04. The Balaban J connectivity index is 2.58. The van der Waals surface area contributed by atoms with Crippen LogP contribution in [0.5, 0.6) is 0 Å². The van der Waals surface area contributed by atoms with Crippen molar-refractivity contribution in [1.82, 2.24) is 0 Å². The van der Waals surface area contributed by atoms with Gasteiger partial charge in [-0.2, -0.15) is 5.26 Å². The molecule has 0 bridgehead atoms. The van der Waals surface area contributed by atoms with Gasteiger partial charge >= 0.3 is 5.97 Å². The summed E-state index contributed by atoms with van der Waals surface area (Å²) in [6.45, 7) is 6.54. The molecule has 3 nitrogen and oxygen atoms in total. The Morgan fingerprint density at radius 3 is 2.75 bits per heavy atom. The Kier molecular flexibility index (Phi) is 4.79. The number of nitriles is 1. The number of carbonyl (C=O) groups is 1. The average molecular weight is 223 g/mol. The first-order valence-corrected chi connectivity index (χ1v) is 6.11. The third kappa shape index (κ3) is 3.52. The predicted octanol–water partition coefficient (Wildman–Crippen LogP) is 2.90. The summed E-state index contributed by atoms with van der Waals surface area (Å²) >= 11 is 0. The Morgan fingerprint density at radius 2 is 2.19 bits per heavy atom. The van der Waals surface area contributed by atoms with Crippen LogP contribution in [0.2, 0.25) is 0 Å². The van der Waals surface area contributed by atoms with Crippen molar-refractivity contribution < 1.29 is 9.53 Å². The molecular formula is C13H21NO2. The third-order valence-electron chi connectivity index (χ3n) is 3.47. The second-order valence-electron chi connectivity index (χ2n) is 5.19. The summed E-state index contributed by atoms with van der Waals surface area (Å²) in [7, 11) is 0. The van der Waals surface area contributed by atoms with Crippen molar-refractivity contribution in [1.29, 1.82) is 5.26 Å². The summed E-state index contributed by atoms with van der Waals surface area (Å²) in [5.74, 6) is 1.24. The van der Waals surface area contributed by atoms with Crippen LogP contribution in [0.4, 0.5) is 0 Å². The zero-order valence-electron chi connectivity index (χ0n) is 10.4. The second-order valence-corrected chi connectivity index (χ2v) is 5.19. The van der Waals surface area contributed by atoms with Crippen LogP contribution in [0, 0.1) is 29.1 Å². The van der Waals surface area contributed by atoms with Crippen LogP contribution in [0.15, 0.2) is 0 Å². The maximum Gasteiger partial charge on any atom is 0.320 e. The monoisotopic (exact) mass is 223 g/mol. The molecule has 0 aromatic carbocycles. The molecule has 0 heterocycles. The zero-order chi connectivity index (χ0) is 12.1. The number of carbonyl (C=O) groups excluding carboxylic acids is 1. The molecule has 1 aliphatic rings. The molecule has 3 atom stereocenters. The minimum absolute atomic E-state index is 0.0181. The highest BCUT2D eigenvalue weighted by Crippen LogP contribution is 2.35. The molecule has 1 aliphatic carbocycles. The van der Waals surface area contributed by atoms with E-state index in [1.54, 1.807) is 0 Å². The zero-order valence-corrected chi connectivity index (χ0v) is 10.4. The normalized spacial score (nSPS) is 29.8. The third-order valence-corrected chi connectivity index (χ3v) is 3.47. The summed E-state index contributed by atoms with van der Waals surface area (Å²) in [4.78, 5) is 11.3. The summed E-state index contributed by atoms with van der Waals surface area (Å²) in [6, 6.07) is 1.84. The molecule has 0 unspecified atom stereocenters. The largest absolute Gasteiger partial charge is 0.461 e. The summed E-state index contributed by atoms with van der Waals surface area (Å²) in [6.07, 6.45) is 3.18. The second kappa shape index (κ2) is 5.89. The first-order chi connectivity index (χ1) is 7.54. The van der Waals surface area contributed by atoms with Crippen LogP contribution >= 0.6 is 0 Å². The molecule has 90 valence electrons. The fourth-order valence-corrected chi connectivity index (χ4v) is 2.53. The number of ether oxygens (including phenoxy) is 1. The molecule has 0 amide bonds. The summed E-state index contributed by atoms with van der Waals surface area (Å²) < 4.78 is 5.41. The maximum absolute atomic E-state index is 11.3. The minimum Gasteiger partial charge on any atom is -0.461 e. The molecule has 1 rings (SSSR count). The van der Waals surface area contributed by atoms with Gasteiger partial charge in [0, 0.05) is 0 Å². The highest BCUT2D eigenvalue weighted by atomic mass is 16.5. The van der Waals surface area contributed by atoms with Crippen LogP contribution in [0.3, 0.4) is 0 Å². The SMILES string of the molecule is CC(C)[C@@H]1CC[C@H](C)C[C@H]1OC(=O)CC#N. The first kappa shape index (κ1) is 13.0. The lowest BCUT2D eigenvalue weighted by atomic mass is 9.75. The van der Waals surface area contributed by atoms with Gasteiger partial charge in [0.1, 0.15) is 12.5 Å². The van der Waals surface area contributed by atoms with Crippen molar-refractivity contribution in [2.45, 2.75) is 52.6 Å².